The van der Waals surface area contributed by atoms with Crippen LogP contribution in [0.1, 0.15) is 31.0 Å². The van der Waals surface area contributed by atoms with Crippen LogP contribution in [0.3, 0.4) is 0 Å². The van der Waals surface area contributed by atoms with Gasteiger partial charge in [-0.05, 0) is 31.2 Å². The molecule has 2 aromatic heterocycles. The quantitative estimate of drug-likeness (QED) is 0.201. The van der Waals surface area contributed by atoms with Crippen molar-refractivity contribution in [2.45, 2.75) is 39.7 Å². The first-order valence-electron chi connectivity index (χ1n) is 9.32. The smallest absolute Gasteiger partial charge is 0.191 e. The van der Waals surface area contributed by atoms with Crippen LogP contribution in [-0.4, -0.2) is 53.6 Å². The van der Waals surface area contributed by atoms with Gasteiger partial charge < -0.3 is 19.9 Å². The van der Waals surface area contributed by atoms with Crippen molar-refractivity contribution in [3.63, 3.8) is 0 Å². The van der Waals surface area contributed by atoms with Gasteiger partial charge in [0, 0.05) is 50.7 Å². The fourth-order valence-corrected chi connectivity index (χ4v) is 3.18. The molecule has 2 rings (SSSR count). The van der Waals surface area contributed by atoms with Gasteiger partial charge in [0.25, 0.3) is 0 Å². The molecule has 0 aliphatic carbocycles. The summed E-state index contributed by atoms with van der Waals surface area (Å²) in [5.41, 5.74) is 0. The number of aryl methyl sites for hydroxylation is 1. The third-order valence-corrected chi connectivity index (χ3v) is 4.76. The maximum absolute atomic E-state index is 5.38. The normalized spacial score (nSPS) is 11.3. The highest BCUT2D eigenvalue weighted by molar-refractivity contribution is 14.0. The molecular formula is C18H31IN6OS. The van der Waals surface area contributed by atoms with Crippen molar-refractivity contribution in [1.82, 2.24) is 25.4 Å². The maximum Gasteiger partial charge on any atom is 0.191 e. The van der Waals surface area contributed by atoms with Crippen molar-refractivity contribution >= 4 is 41.3 Å². The molecule has 0 fully saturated rings. The zero-order valence-electron chi connectivity index (χ0n) is 16.2. The fraction of sp³-hybridized carbons (Fsp3) is 0.611. The molecule has 0 atom stereocenters. The van der Waals surface area contributed by atoms with E-state index < -0.39 is 0 Å². The van der Waals surface area contributed by atoms with Crippen LogP contribution in [0.2, 0.25) is 0 Å². The molecular weight excluding hydrogens is 475 g/mol. The molecule has 2 N–H and O–H groups in total. The molecule has 2 aromatic rings. The summed E-state index contributed by atoms with van der Waals surface area (Å²) in [6.45, 7) is 8.83. The second-order valence-corrected chi connectivity index (χ2v) is 6.79. The van der Waals surface area contributed by atoms with Gasteiger partial charge in [-0.1, -0.05) is 13.0 Å². The Morgan fingerprint density at radius 1 is 1.30 bits per heavy atom. The largest absolute Gasteiger partial charge is 0.382 e. The topological polar surface area (TPSA) is 76.4 Å². The Labute approximate surface area is 183 Å². The van der Waals surface area contributed by atoms with Gasteiger partial charge in [-0.3, -0.25) is 4.99 Å². The van der Waals surface area contributed by atoms with Gasteiger partial charge >= 0.3 is 0 Å². The van der Waals surface area contributed by atoms with Gasteiger partial charge in [-0.15, -0.1) is 45.5 Å². The summed E-state index contributed by atoms with van der Waals surface area (Å²) >= 11 is 1.79. The Morgan fingerprint density at radius 2 is 2.15 bits per heavy atom. The molecule has 0 aliphatic rings. The molecule has 0 bridgehead atoms. The number of thiophene rings is 1. The number of guanidine groups is 1. The van der Waals surface area contributed by atoms with Crippen molar-refractivity contribution < 1.29 is 4.74 Å². The summed E-state index contributed by atoms with van der Waals surface area (Å²) in [4.78, 5) is 6.03. The van der Waals surface area contributed by atoms with Gasteiger partial charge in [0.1, 0.15) is 12.2 Å². The van der Waals surface area contributed by atoms with E-state index in [0.29, 0.717) is 0 Å². The number of rotatable bonds is 12. The second-order valence-electron chi connectivity index (χ2n) is 5.76. The van der Waals surface area contributed by atoms with Gasteiger partial charge in [0.05, 0.1) is 0 Å². The van der Waals surface area contributed by atoms with Crippen LogP contribution in [0.15, 0.2) is 28.8 Å². The molecule has 0 saturated heterocycles. The zero-order valence-corrected chi connectivity index (χ0v) is 19.3. The minimum absolute atomic E-state index is 0. The Balaban J connectivity index is 0.00000364. The molecule has 0 radical (unpaired) electrons. The van der Waals surface area contributed by atoms with Crippen molar-refractivity contribution in [3.8, 4) is 0 Å². The third kappa shape index (κ3) is 9.52. The van der Waals surface area contributed by atoms with Crippen LogP contribution < -0.4 is 10.6 Å². The second kappa shape index (κ2) is 14.8. The first kappa shape index (κ1) is 23.8. The fourth-order valence-electron chi connectivity index (χ4n) is 2.47. The van der Waals surface area contributed by atoms with Crippen molar-refractivity contribution in [2.24, 2.45) is 4.99 Å². The summed E-state index contributed by atoms with van der Waals surface area (Å²) in [6.07, 6.45) is 4.60. The highest BCUT2D eigenvalue weighted by Crippen LogP contribution is 2.07. The lowest BCUT2D eigenvalue weighted by Crippen LogP contribution is -2.40. The van der Waals surface area contributed by atoms with Crippen LogP contribution in [0.25, 0.3) is 0 Å². The van der Waals surface area contributed by atoms with E-state index in [1.54, 1.807) is 17.7 Å². The minimum atomic E-state index is 0. The lowest BCUT2D eigenvalue weighted by Gasteiger charge is -2.13. The van der Waals surface area contributed by atoms with E-state index in [9.17, 15) is 0 Å². The molecule has 0 saturated carbocycles. The van der Waals surface area contributed by atoms with Crippen LogP contribution >= 0.6 is 35.3 Å². The number of ether oxygens (including phenoxy) is 1. The van der Waals surface area contributed by atoms with Gasteiger partial charge in [-0.2, -0.15) is 0 Å². The number of hydrogen-bond acceptors (Lipinski definition) is 5. The Kier molecular flexibility index (Phi) is 13.1. The highest BCUT2D eigenvalue weighted by Gasteiger charge is 2.03. The molecule has 0 spiro atoms. The van der Waals surface area contributed by atoms with Gasteiger partial charge in [0.2, 0.25) is 0 Å². The molecule has 0 aromatic carbocycles. The molecule has 9 heteroatoms. The number of halogens is 1. The predicted octanol–water partition coefficient (Wildman–Crippen LogP) is 2.72. The average Bonchev–Trinajstić information content (AvgIpc) is 3.32. The van der Waals surface area contributed by atoms with E-state index >= 15 is 0 Å². The lowest BCUT2D eigenvalue weighted by atomic mass is 10.3. The number of nitrogens with one attached hydrogen (secondary N) is 2. The molecule has 27 heavy (non-hydrogen) atoms. The average molecular weight is 506 g/mol. The standard InChI is InChI=1S/C18H30N6OS.HI/c1-3-17-23-22-15-24(17)12-11-21-18(19-9-6-13-25-4-2)20-10-8-16-7-5-14-26-16;/h5,7,14-15H,3-4,6,8-13H2,1-2H3,(H2,19,20,21);1H. The molecule has 152 valence electrons. The lowest BCUT2D eigenvalue weighted by molar-refractivity contribution is 0.146. The first-order chi connectivity index (χ1) is 12.8. The summed E-state index contributed by atoms with van der Waals surface area (Å²) in [6, 6.07) is 4.25. The Hall–Kier alpha value is -1.20. The summed E-state index contributed by atoms with van der Waals surface area (Å²) in [5.74, 6) is 1.86. The number of aromatic nitrogens is 3. The van der Waals surface area contributed by atoms with Crippen LogP contribution in [-0.2, 0) is 24.1 Å². The summed E-state index contributed by atoms with van der Waals surface area (Å²) in [7, 11) is 0. The maximum atomic E-state index is 5.38. The van der Waals surface area contributed by atoms with Gasteiger partial charge in [0.15, 0.2) is 5.96 Å². The van der Waals surface area contributed by atoms with Crippen molar-refractivity contribution in [1.29, 1.82) is 0 Å². The Bertz CT molecular complexity index is 632. The first-order valence-corrected chi connectivity index (χ1v) is 10.2. The van der Waals surface area contributed by atoms with Gasteiger partial charge in [-0.25, -0.2) is 0 Å². The summed E-state index contributed by atoms with van der Waals surface area (Å²) < 4.78 is 7.45. The summed E-state index contributed by atoms with van der Waals surface area (Å²) in [5, 5.41) is 17.0. The highest BCUT2D eigenvalue weighted by atomic mass is 127. The van der Waals surface area contributed by atoms with Crippen LogP contribution in [0.4, 0.5) is 0 Å². The van der Waals surface area contributed by atoms with Crippen molar-refractivity contribution in [2.75, 3.05) is 32.8 Å². The molecule has 7 nitrogen and oxygen atoms in total. The number of nitrogens with zero attached hydrogens (tertiary/aromatic N) is 4. The molecule has 2 heterocycles. The predicted molar refractivity (Wildman–Crippen MR) is 122 cm³/mol. The number of aliphatic imine (C=N–C) groups is 1. The molecule has 0 aliphatic heterocycles. The van der Waals surface area contributed by atoms with Crippen molar-refractivity contribution in [3.05, 3.63) is 34.5 Å². The number of hydrogen-bond donors (Lipinski definition) is 2. The van der Waals surface area contributed by atoms with E-state index in [1.807, 2.05) is 6.92 Å². The van der Waals surface area contributed by atoms with E-state index in [2.05, 4.69) is 54.8 Å². The van der Waals surface area contributed by atoms with Crippen LogP contribution in [0.5, 0.6) is 0 Å². The van der Waals surface area contributed by atoms with E-state index in [-0.39, 0.29) is 24.0 Å². The minimum Gasteiger partial charge on any atom is -0.382 e. The SMILES string of the molecule is CCOCCCN=C(NCCc1cccs1)NCCn1cnnc1CC.I. The molecule has 0 amide bonds. The molecule has 0 unspecified atom stereocenters. The third-order valence-electron chi connectivity index (χ3n) is 3.82. The van der Waals surface area contributed by atoms with E-state index in [4.69, 9.17) is 4.74 Å². The zero-order chi connectivity index (χ0) is 18.5. The van der Waals surface area contributed by atoms with Crippen LogP contribution in [0, 0.1) is 0 Å². The Morgan fingerprint density at radius 3 is 2.89 bits per heavy atom. The van der Waals surface area contributed by atoms with E-state index in [0.717, 1.165) is 70.4 Å². The van der Waals surface area contributed by atoms with E-state index in [1.165, 1.54) is 4.88 Å². The monoisotopic (exact) mass is 506 g/mol.